The Morgan fingerprint density at radius 2 is 1.32 bits per heavy atom. The highest BCUT2D eigenvalue weighted by atomic mass is 15.3. The van der Waals surface area contributed by atoms with Gasteiger partial charge in [-0.05, 0) is 7.05 Å². The van der Waals surface area contributed by atoms with Gasteiger partial charge in [-0.3, -0.25) is 0 Å². The maximum Gasteiger partial charge on any atom is 0.183 e. The Hall–Kier alpha value is -2.79. The van der Waals surface area contributed by atoms with Gasteiger partial charge in [0.25, 0.3) is 0 Å². The molecule has 3 aromatic rings. The number of aromatic nitrogens is 3. The summed E-state index contributed by atoms with van der Waals surface area (Å²) in [5.41, 5.74) is 2.89. The van der Waals surface area contributed by atoms with E-state index in [2.05, 4.69) is 39.2 Å². The minimum atomic E-state index is 0.675. The van der Waals surface area contributed by atoms with Crippen LogP contribution in [0.1, 0.15) is 0 Å². The molecule has 126 valence electrons. The lowest BCUT2D eigenvalue weighted by molar-refractivity contribution is 0.312. The third kappa shape index (κ3) is 3.37. The zero-order valence-electron chi connectivity index (χ0n) is 14.3. The number of likely N-dealkylation sites (N-methyl/N-ethyl adjacent to an activating group) is 1. The van der Waals surface area contributed by atoms with Crippen LogP contribution in [0.4, 0.5) is 5.82 Å². The zero-order valence-corrected chi connectivity index (χ0v) is 14.3. The third-order valence-electron chi connectivity index (χ3n) is 4.55. The number of nitrogens with zero attached hydrogens (tertiary/aromatic N) is 5. The molecule has 0 aliphatic carbocycles. The SMILES string of the molecule is CN1CCN(c2nc(-c3ccccc3)nnc2-c2ccccc2)CC1. The van der Waals surface area contributed by atoms with Crippen molar-refractivity contribution in [1.82, 2.24) is 20.1 Å². The number of hydrogen-bond donors (Lipinski definition) is 0. The molecule has 1 fully saturated rings. The van der Waals surface area contributed by atoms with Crippen LogP contribution in [0.15, 0.2) is 60.7 Å². The van der Waals surface area contributed by atoms with E-state index in [1.54, 1.807) is 0 Å². The molecule has 1 aliphatic rings. The second kappa shape index (κ2) is 6.99. The van der Waals surface area contributed by atoms with Crippen LogP contribution in [-0.2, 0) is 0 Å². The molecule has 0 spiro atoms. The van der Waals surface area contributed by atoms with Crippen molar-refractivity contribution < 1.29 is 0 Å². The lowest BCUT2D eigenvalue weighted by atomic mass is 10.1. The van der Waals surface area contributed by atoms with Crippen molar-refractivity contribution in [3.05, 3.63) is 60.7 Å². The Balaban J connectivity index is 1.79. The predicted molar refractivity (Wildman–Crippen MR) is 100 cm³/mol. The van der Waals surface area contributed by atoms with Gasteiger partial charge in [-0.2, -0.15) is 0 Å². The van der Waals surface area contributed by atoms with Crippen molar-refractivity contribution >= 4 is 5.82 Å². The van der Waals surface area contributed by atoms with Crippen LogP contribution in [0, 0.1) is 0 Å². The summed E-state index contributed by atoms with van der Waals surface area (Å²) in [5, 5.41) is 8.95. The smallest absolute Gasteiger partial charge is 0.183 e. The fourth-order valence-electron chi connectivity index (χ4n) is 3.05. The average molecular weight is 331 g/mol. The van der Waals surface area contributed by atoms with Gasteiger partial charge in [-0.15, -0.1) is 10.2 Å². The summed E-state index contributed by atoms with van der Waals surface area (Å²) in [7, 11) is 2.16. The molecular formula is C20H21N5. The van der Waals surface area contributed by atoms with E-state index in [4.69, 9.17) is 4.98 Å². The molecule has 0 unspecified atom stereocenters. The first-order valence-corrected chi connectivity index (χ1v) is 8.60. The Morgan fingerprint density at radius 3 is 1.96 bits per heavy atom. The van der Waals surface area contributed by atoms with Gasteiger partial charge in [0.2, 0.25) is 0 Å². The zero-order chi connectivity index (χ0) is 17.1. The molecule has 5 nitrogen and oxygen atoms in total. The maximum absolute atomic E-state index is 4.90. The molecule has 2 heterocycles. The van der Waals surface area contributed by atoms with E-state index in [1.165, 1.54) is 0 Å². The fourth-order valence-corrected chi connectivity index (χ4v) is 3.05. The number of hydrogen-bond acceptors (Lipinski definition) is 5. The topological polar surface area (TPSA) is 45.2 Å². The van der Waals surface area contributed by atoms with Crippen molar-refractivity contribution in [3.63, 3.8) is 0 Å². The van der Waals surface area contributed by atoms with Crippen LogP contribution in [0.3, 0.4) is 0 Å². The standard InChI is InChI=1S/C20H21N5/c1-24-12-14-25(15-13-24)20-18(16-8-4-2-5-9-16)22-23-19(21-20)17-10-6-3-7-11-17/h2-11H,12-15H2,1H3. The van der Waals surface area contributed by atoms with Crippen molar-refractivity contribution in [2.45, 2.75) is 0 Å². The van der Waals surface area contributed by atoms with Crippen molar-refractivity contribution in [1.29, 1.82) is 0 Å². The molecule has 0 radical (unpaired) electrons. The number of rotatable bonds is 3. The molecule has 0 N–H and O–H groups in total. The van der Waals surface area contributed by atoms with Gasteiger partial charge >= 0.3 is 0 Å². The van der Waals surface area contributed by atoms with Crippen molar-refractivity contribution in [3.8, 4) is 22.6 Å². The van der Waals surface area contributed by atoms with E-state index in [9.17, 15) is 0 Å². The summed E-state index contributed by atoms with van der Waals surface area (Å²) in [5.74, 6) is 1.60. The summed E-state index contributed by atoms with van der Waals surface area (Å²) >= 11 is 0. The van der Waals surface area contributed by atoms with Gasteiger partial charge in [0.1, 0.15) is 5.69 Å². The minimum absolute atomic E-state index is 0.675. The van der Waals surface area contributed by atoms with Gasteiger partial charge in [-0.1, -0.05) is 60.7 Å². The van der Waals surface area contributed by atoms with E-state index in [0.29, 0.717) is 5.82 Å². The highest BCUT2D eigenvalue weighted by Gasteiger charge is 2.21. The fraction of sp³-hybridized carbons (Fsp3) is 0.250. The van der Waals surface area contributed by atoms with Gasteiger partial charge in [0, 0.05) is 37.3 Å². The lowest BCUT2D eigenvalue weighted by Crippen LogP contribution is -2.45. The van der Waals surface area contributed by atoms with E-state index < -0.39 is 0 Å². The van der Waals surface area contributed by atoms with Crippen LogP contribution in [0.2, 0.25) is 0 Å². The molecule has 0 atom stereocenters. The molecule has 5 heteroatoms. The molecule has 0 bridgehead atoms. The van der Waals surface area contributed by atoms with Crippen LogP contribution in [-0.4, -0.2) is 53.3 Å². The quantitative estimate of drug-likeness (QED) is 0.738. The largest absolute Gasteiger partial charge is 0.352 e. The molecule has 1 saturated heterocycles. The molecule has 2 aromatic carbocycles. The Bertz CT molecular complexity index is 827. The first kappa shape index (κ1) is 15.7. The molecule has 4 rings (SSSR count). The molecule has 1 aliphatic heterocycles. The Kier molecular flexibility index (Phi) is 4.39. The minimum Gasteiger partial charge on any atom is -0.352 e. The van der Waals surface area contributed by atoms with E-state index in [0.717, 1.165) is 48.8 Å². The van der Waals surface area contributed by atoms with Crippen LogP contribution < -0.4 is 4.90 Å². The predicted octanol–water partition coefficient (Wildman–Crippen LogP) is 2.96. The first-order chi connectivity index (χ1) is 12.3. The molecule has 25 heavy (non-hydrogen) atoms. The second-order valence-corrected chi connectivity index (χ2v) is 6.33. The van der Waals surface area contributed by atoms with Gasteiger partial charge in [0.15, 0.2) is 11.6 Å². The average Bonchev–Trinajstić information content (AvgIpc) is 2.69. The van der Waals surface area contributed by atoms with Crippen molar-refractivity contribution in [2.24, 2.45) is 0 Å². The van der Waals surface area contributed by atoms with Crippen LogP contribution in [0.5, 0.6) is 0 Å². The second-order valence-electron chi connectivity index (χ2n) is 6.33. The van der Waals surface area contributed by atoms with E-state index in [1.807, 2.05) is 48.5 Å². The number of benzene rings is 2. The number of piperazine rings is 1. The van der Waals surface area contributed by atoms with Gasteiger partial charge in [0.05, 0.1) is 0 Å². The summed E-state index contributed by atoms with van der Waals surface area (Å²) in [6.07, 6.45) is 0. The van der Waals surface area contributed by atoms with Crippen molar-refractivity contribution in [2.75, 3.05) is 38.1 Å². The highest BCUT2D eigenvalue weighted by Crippen LogP contribution is 2.29. The molecular weight excluding hydrogens is 310 g/mol. The maximum atomic E-state index is 4.90. The number of anilines is 1. The normalized spacial score (nSPS) is 15.3. The van der Waals surface area contributed by atoms with Crippen LogP contribution in [0.25, 0.3) is 22.6 Å². The summed E-state index contributed by atoms with van der Waals surface area (Å²) < 4.78 is 0. The summed E-state index contributed by atoms with van der Waals surface area (Å²) in [4.78, 5) is 9.56. The Labute approximate surface area is 148 Å². The monoisotopic (exact) mass is 331 g/mol. The van der Waals surface area contributed by atoms with E-state index in [-0.39, 0.29) is 0 Å². The lowest BCUT2D eigenvalue weighted by Gasteiger charge is -2.33. The first-order valence-electron chi connectivity index (χ1n) is 8.60. The summed E-state index contributed by atoms with van der Waals surface area (Å²) in [6, 6.07) is 20.2. The van der Waals surface area contributed by atoms with Crippen LogP contribution >= 0.6 is 0 Å². The third-order valence-corrected chi connectivity index (χ3v) is 4.55. The molecule has 1 aromatic heterocycles. The van der Waals surface area contributed by atoms with Gasteiger partial charge < -0.3 is 9.80 Å². The summed E-state index contributed by atoms with van der Waals surface area (Å²) in [6.45, 7) is 3.95. The van der Waals surface area contributed by atoms with Gasteiger partial charge in [-0.25, -0.2) is 4.98 Å². The molecule has 0 saturated carbocycles. The van der Waals surface area contributed by atoms with E-state index >= 15 is 0 Å². The molecule has 0 amide bonds. The highest BCUT2D eigenvalue weighted by molar-refractivity contribution is 5.73. The Morgan fingerprint density at radius 1 is 0.720 bits per heavy atom.